The second-order valence-electron chi connectivity index (χ2n) is 15.0. The Hall–Kier alpha value is -6.90. The third-order valence-corrected chi connectivity index (χ3v) is 11.4. The van der Waals surface area contributed by atoms with Crippen molar-refractivity contribution in [2.75, 3.05) is 0 Å². The van der Waals surface area contributed by atoms with E-state index in [1.54, 1.807) is 0 Å². The molecule has 10 rings (SSSR count). The Kier molecular flexibility index (Phi) is 7.85. The highest BCUT2D eigenvalue weighted by molar-refractivity contribution is 6.05. The van der Waals surface area contributed by atoms with Gasteiger partial charge in [0.05, 0.1) is 11.4 Å². The van der Waals surface area contributed by atoms with E-state index in [1.165, 1.54) is 66.4 Å². The zero-order valence-electron chi connectivity index (χ0n) is 30.9. The fraction of sp³-hybridized carbons (Fsp3) is 0.0566. The summed E-state index contributed by atoms with van der Waals surface area (Å²) < 4.78 is 0. The van der Waals surface area contributed by atoms with Gasteiger partial charge in [-0.25, -0.2) is 9.97 Å². The fourth-order valence-corrected chi connectivity index (χ4v) is 8.43. The van der Waals surface area contributed by atoms with Gasteiger partial charge in [-0.05, 0) is 78.5 Å². The minimum atomic E-state index is -0.0218. The maximum Gasteiger partial charge on any atom is 0.160 e. The van der Waals surface area contributed by atoms with Gasteiger partial charge in [-0.1, -0.05) is 196 Å². The number of nitrogens with zero attached hydrogens (tertiary/aromatic N) is 2. The monoisotopic (exact) mass is 702 g/mol. The van der Waals surface area contributed by atoms with Crippen LogP contribution in [0.2, 0.25) is 0 Å². The third-order valence-electron chi connectivity index (χ3n) is 11.4. The number of fused-ring (bicyclic) bond motifs is 4. The van der Waals surface area contributed by atoms with Crippen molar-refractivity contribution in [1.29, 1.82) is 0 Å². The van der Waals surface area contributed by atoms with Gasteiger partial charge in [-0.2, -0.15) is 0 Å². The highest BCUT2D eigenvalue weighted by Gasteiger charge is 2.35. The quantitative estimate of drug-likeness (QED) is 0.172. The van der Waals surface area contributed by atoms with E-state index in [0.717, 1.165) is 28.1 Å². The molecule has 0 N–H and O–H groups in total. The summed E-state index contributed by atoms with van der Waals surface area (Å²) in [6.07, 6.45) is 0. The van der Waals surface area contributed by atoms with E-state index < -0.39 is 0 Å². The van der Waals surface area contributed by atoms with Crippen molar-refractivity contribution in [3.63, 3.8) is 0 Å². The van der Waals surface area contributed by atoms with Crippen molar-refractivity contribution < 1.29 is 0 Å². The third kappa shape index (κ3) is 5.75. The Morgan fingerprint density at radius 1 is 0.309 bits per heavy atom. The highest BCUT2D eigenvalue weighted by Crippen LogP contribution is 2.50. The van der Waals surface area contributed by atoms with Gasteiger partial charge < -0.3 is 0 Å². The number of hydrogen-bond acceptors (Lipinski definition) is 2. The largest absolute Gasteiger partial charge is 0.228 e. The predicted molar refractivity (Wildman–Crippen MR) is 230 cm³/mol. The van der Waals surface area contributed by atoms with E-state index >= 15 is 0 Å². The van der Waals surface area contributed by atoms with Crippen LogP contribution in [-0.2, 0) is 5.41 Å². The molecule has 0 saturated carbocycles. The van der Waals surface area contributed by atoms with Gasteiger partial charge >= 0.3 is 0 Å². The first-order valence-electron chi connectivity index (χ1n) is 19.0. The lowest BCUT2D eigenvalue weighted by molar-refractivity contribution is 0.660. The Morgan fingerprint density at radius 3 is 1.45 bits per heavy atom. The van der Waals surface area contributed by atoms with E-state index in [-0.39, 0.29) is 5.41 Å². The molecule has 55 heavy (non-hydrogen) atoms. The van der Waals surface area contributed by atoms with E-state index in [4.69, 9.17) is 9.97 Å². The van der Waals surface area contributed by atoms with Gasteiger partial charge in [-0.3, -0.25) is 0 Å². The molecule has 0 amide bonds. The molecule has 1 aliphatic carbocycles. The maximum atomic E-state index is 5.23. The van der Waals surface area contributed by atoms with Crippen LogP contribution in [0.3, 0.4) is 0 Å². The highest BCUT2D eigenvalue weighted by atomic mass is 14.9. The smallest absolute Gasteiger partial charge is 0.160 e. The molecule has 0 spiro atoms. The van der Waals surface area contributed by atoms with Gasteiger partial charge in [0.2, 0.25) is 0 Å². The molecule has 0 fully saturated rings. The van der Waals surface area contributed by atoms with Gasteiger partial charge in [0.25, 0.3) is 0 Å². The van der Waals surface area contributed by atoms with Crippen LogP contribution in [0.1, 0.15) is 25.0 Å². The van der Waals surface area contributed by atoms with E-state index in [2.05, 4.69) is 190 Å². The molecule has 2 heteroatoms. The van der Waals surface area contributed by atoms with Crippen molar-refractivity contribution >= 4 is 10.8 Å². The lowest BCUT2D eigenvalue weighted by atomic mass is 9.82. The molecule has 2 nitrogen and oxygen atoms in total. The molecule has 1 aliphatic rings. The van der Waals surface area contributed by atoms with E-state index in [9.17, 15) is 0 Å². The summed E-state index contributed by atoms with van der Waals surface area (Å²) in [5.74, 6) is 0.710. The molecule has 260 valence electrons. The van der Waals surface area contributed by atoms with Crippen LogP contribution in [0.15, 0.2) is 194 Å². The molecule has 0 saturated heterocycles. The van der Waals surface area contributed by atoms with Crippen molar-refractivity contribution in [2.24, 2.45) is 0 Å². The van der Waals surface area contributed by atoms with Crippen LogP contribution in [0, 0.1) is 0 Å². The molecule has 9 aromatic rings. The number of benzene rings is 8. The van der Waals surface area contributed by atoms with Crippen LogP contribution in [0.25, 0.3) is 89.2 Å². The number of aromatic nitrogens is 2. The molecular formula is C53H38N2. The van der Waals surface area contributed by atoms with Gasteiger partial charge in [0.15, 0.2) is 5.82 Å². The maximum absolute atomic E-state index is 5.23. The van der Waals surface area contributed by atoms with Crippen LogP contribution >= 0.6 is 0 Å². The number of hydrogen-bond donors (Lipinski definition) is 0. The first-order chi connectivity index (χ1) is 27.0. The molecule has 0 atom stereocenters. The summed E-state index contributed by atoms with van der Waals surface area (Å²) in [7, 11) is 0. The normalized spacial score (nSPS) is 12.7. The minimum absolute atomic E-state index is 0.0218. The summed E-state index contributed by atoms with van der Waals surface area (Å²) in [6.45, 7) is 4.67. The second-order valence-corrected chi connectivity index (χ2v) is 15.0. The minimum Gasteiger partial charge on any atom is -0.228 e. The zero-order chi connectivity index (χ0) is 36.9. The van der Waals surface area contributed by atoms with Crippen LogP contribution < -0.4 is 0 Å². The summed E-state index contributed by atoms with van der Waals surface area (Å²) in [5.41, 5.74) is 17.6. The number of rotatable bonds is 6. The fourth-order valence-electron chi connectivity index (χ4n) is 8.43. The molecule has 0 radical (unpaired) electrons. The summed E-state index contributed by atoms with van der Waals surface area (Å²) >= 11 is 0. The van der Waals surface area contributed by atoms with E-state index in [0.29, 0.717) is 5.82 Å². The average molecular weight is 703 g/mol. The van der Waals surface area contributed by atoms with Gasteiger partial charge in [0.1, 0.15) is 0 Å². The molecule has 1 aromatic heterocycles. The second kappa shape index (κ2) is 13.2. The molecule has 8 aromatic carbocycles. The predicted octanol–water partition coefficient (Wildman–Crippen LogP) is 13.9. The molecule has 0 aliphatic heterocycles. The lowest BCUT2D eigenvalue weighted by Gasteiger charge is -2.21. The van der Waals surface area contributed by atoms with Crippen LogP contribution in [0.4, 0.5) is 0 Å². The van der Waals surface area contributed by atoms with Crippen LogP contribution in [0.5, 0.6) is 0 Å². The summed E-state index contributed by atoms with van der Waals surface area (Å²) in [5, 5.41) is 2.37. The molecular weight excluding hydrogens is 665 g/mol. The Balaban J connectivity index is 1.05. The first kappa shape index (κ1) is 32.7. The topological polar surface area (TPSA) is 25.8 Å². The molecule has 0 unspecified atom stereocenters. The lowest BCUT2D eigenvalue weighted by Crippen LogP contribution is -2.14. The zero-order valence-corrected chi connectivity index (χ0v) is 30.9. The van der Waals surface area contributed by atoms with Crippen LogP contribution in [-0.4, -0.2) is 9.97 Å². The van der Waals surface area contributed by atoms with E-state index in [1.807, 2.05) is 18.2 Å². The standard InChI is InChI=1S/C53H38N2/c1-53(2)48-20-12-11-19-45(48)47-33-41(29-32-49(47)53)42-30-31-46(44-18-10-9-17-43(42)44)51-34-50(54-52(55-51)40-15-7-4-8-16-40)39-27-25-38(26-28-39)37-23-21-36(22-24-37)35-13-5-3-6-14-35/h3-34H,1-2H3. The summed E-state index contributed by atoms with van der Waals surface area (Å²) in [6, 6.07) is 69.6. The van der Waals surface area contributed by atoms with Gasteiger partial charge in [0, 0.05) is 22.1 Å². The van der Waals surface area contributed by atoms with Crippen molar-refractivity contribution in [1.82, 2.24) is 9.97 Å². The summed E-state index contributed by atoms with van der Waals surface area (Å²) in [4.78, 5) is 10.4. The first-order valence-corrected chi connectivity index (χ1v) is 19.0. The molecule has 0 bridgehead atoms. The molecule has 1 heterocycles. The SMILES string of the molecule is CC1(C)c2ccccc2-c2cc(-c3ccc(-c4cc(-c5ccc(-c6ccc(-c7ccccc7)cc6)cc5)nc(-c5ccccc5)n4)c4ccccc34)ccc21. The van der Waals surface area contributed by atoms with Gasteiger partial charge in [-0.15, -0.1) is 0 Å². The average Bonchev–Trinajstić information content (AvgIpc) is 3.49. The Morgan fingerprint density at radius 2 is 0.782 bits per heavy atom. The van der Waals surface area contributed by atoms with Crippen molar-refractivity contribution in [2.45, 2.75) is 19.3 Å². The van der Waals surface area contributed by atoms with Crippen molar-refractivity contribution in [3.05, 3.63) is 205 Å². The Bertz CT molecular complexity index is 2850. The van der Waals surface area contributed by atoms with Crippen molar-refractivity contribution in [3.8, 4) is 78.4 Å². The Labute approximate surface area is 322 Å².